The fourth-order valence-electron chi connectivity index (χ4n) is 1.16. The quantitative estimate of drug-likeness (QED) is 0.710. The van der Waals surface area contributed by atoms with Crippen LogP contribution in [0.4, 0.5) is 5.69 Å². The number of anilines is 1. The molecule has 3 heteroatoms. The van der Waals surface area contributed by atoms with Crippen LogP contribution >= 0.6 is 0 Å². The zero-order valence-electron chi connectivity index (χ0n) is 7.01. The SMILES string of the molecule is Nc1ccnnc1-c1ccccc1. The predicted molar refractivity (Wildman–Crippen MR) is 51.9 cm³/mol. The van der Waals surface area contributed by atoms with Crippen LogP contribution in [0.15, 0.2) is 42.6 Å². The van der Waals surface area contributed by atoms with Crippen molar-refractivity contribution in [3.8, 4) is 11.3 Å². The molecule has 0 saturated heterocycles. The summed E-state index contributed by atoms with van der Waals surface area (Å²) < 4.78 is 0. The molecule has 1 aromatic carbocycles. The fraction of sp³-hybridized carbons (Fsp3) is 0. The lowest BCUT2D eigenvalue weighted by Crippen LogP contribution is -1.94. The first kappa shape index (κ1) is 7.73. The van der Waals surface area contributed by atoms with E-state index in [4.69, 9.17) is 5.73 Å². The average Bonchev–Trinajstić information content (AvgIpc) is 2.20. The number of nitrogen functional groups attached to an aromatic ring is 1. The average molecular weight is 171 g/mol. The Labute approximate surface area is 76.2 Å². The summed E-state index contributed by atoms with van der Waals surface area (Å²) in [6.45, 7) is 0. The predicted octanol–water partition coefficient (Wildman–Crippen LogP) is 1.73. The van der Waals surface area contributed by atoms with Crippen molar-refractivity contribution in [1.82, 2.24) is 10.2 Å². The van der Waals surface area contributed by atoms with Gasteiger partial charge in [-0.15, -0.1) is 5.10 Å². The van der Waals surface area contributed by atoms with Crippen LogP contribution in [0.2, 0.25) is 0 Å². The third kappa shape index (κ3) is 1.49. The van der Waals surface area contributed by atoms with Gasteiger partial charge in [0.2, 0.25) is 0 Å². The molecule has 0 aliphatic heterocycles. The highest BCUT2D eigenvalue weighted by atomic mass is 15.1. The van der Waals surface area contributed by atoms with Crippen molar-refractivity contribution < 1.29 is 0 Å². The largest absolute Gasteiger partial charge is 0.397 e. The molecule has 0 bridgehead atoms. The molecule has 0 radical (unpaired) electrons. The maximum absolute atomic E-state index is 5.75. The van der Waals surface area contributed by atoms with Crippen LogP contribution in [-0.2, 0) is 0 Å². The summed E-state index contributed by atoms with van der Waals surface area (Å²) in [6, 6.07) is 11.5. The van der Waals surface area contributed by atoms with E-state index in [9.17, 15) is 0 Å². The number of hydrogen-bond donors (Lipinski definition) is 1. The summed E-state index contributed by atoms with van der Waals surface area (Å²) in [5.74, 6) is 0. The van der Waals surface area contributed by atoms with Crippen LogP contribution in [-0.4, -0.2) is 10.2 Å². The van der Waals surface area contributed by atoms with Crippen LogP contribution in [0.25, 0.3) is 11.3 Å². The molecule has 0 saturated carbocycles. The molecule has 0 amide bonds. The lowest BCUT2D eigenvalue weighted by atomic mass is 10.1. The summed E-state index contributed by atoms with van der Waals surface area (Å²) in [6.07, 6.45) is 1.59. The van der Waals surface area contributed by atoms with Crippen LogP contribution in [0.3, 0.4) is 0 Å². The minimum Gasteiger partial charge on any atom is -0.397 e. The minimum absolute atomic E-state index is 0.654. The molecule has 64 valence electrons. The number of aromatic nitrogens is 2. The Morgan fingerprint density at radius 3 is 2.46 bits per heavy atom. The molecule has 2 N–H and O–H groups in total. The molecule has 1 aromatic heterocycles. The van der Waals surface area contributed by atoms with Crippen LogP contribution in [0, 0.1) is 0 Å². The van der Waals surface area contributed by atoms with Crippen molar-refractivity contribution in [1.29, 1.82) is 0 Å². The summed E-state index contributed by atoms with van der Waals surface area (Å²) in [5, 5.41) is 7.77. The third-order valence-electron chi connectivity index (χ3n) is 1.80. The Morgan fingerprint density at radius 1 is 1.00 bits per heavy atom. The number of nitrogens with zero attached hydrogens (tertiary/aromatic N) is 2. The molecule has 0 fully saturated rings. The van der Waals surface area contributed by atoms with Gasteiger partial charge in [0.05, 0.1) is 11.9 Å². The Bertz CT molecular complexity index is 398. The van der Waals surface area contributed by atoms with Crippen molar-refractivity contribution in [3.05, 3.63) is 42.6 Å². The van der Waals surface area contributed by atoms with E-state index in [1.807, 2.05) is 30.3 Å². The molecule has 0 atom stereocenters. The Kier molecular flexibility index (Phi) is 1.92. The van der Waals surface area contributed by atoms with Gasteiger partial charge in [0.15, 0.2) is 0 Å². The Morgan fingerprint density at radius 2 is 1.77 bits per heavy atom. The minimum atomic E-state index is 0.654. The normalized spacial score (nSPS) is 9.85. The molecule has 3 nitrogen and oxygen atoms in total. The first-order valence-electron chi connectivity index (χ1n) is 4.00. The van der Waals surface area contributed by atoms with Gasteiger partial charge >= 0.3 is 0 Å². The van der Waals surface area contributed by atoms with Gasteiger partial charge in [0, 0.05) is 5.56 Å². The second kappa shape index (κ2) is 3.23. The highest BCUT2D eigenvalue weighted by Crippen LogP contribution is 2.20. The van der Waals surface area contributed by atoms with E-state index >= 15 is 0 Å². The molecule has 2 aromatic rings. The van der Waals surface area contributed by atoms with Gasteiger partial charge in [-0.3, -0.25) is 0 Å². The van der Waals surface area contributed by atoms with Gasteiger partial charge < -0.3 is 5.73 Å². The van der Waals surface area contributed by atoms with Gasteiger partial charge in [-0.1, -0.05) is 30.3 Å². The summed E-state index contributed by atoms with van der Waals surface area (Å²) in [4.78, 5) is 0. The maximum Gasteiger partial charge on any atom is 0.116 e. The van der Waals surface area contributed by atoms with E-state index < -0.39 is 0 Å². The van der Waals surface area contributed by atoms with Gasteiger partial charge in [0.25, 0.3) is 0 Å². The first-order chi connectivity index (χ1) is 6.38. The topological polar surface area (TPSA) is 51.8 Å². The van der Waals surface area contributed by atoms with E-state index in [-0.39, 0.29) is 0 Å². The highest BCUT2D eigenvalue weighted by Gasteiger charge is 2.01. The molecule has 1 heterocycles. The Hall–Kier alpha value is -1.90. The molecule has 0 spiro atoms. The zero-order chi connectivity index (χ0) is 9.10. The van der Waals surface area contributed by atoms with Crippen molar-refractivity contribution >= 4 is 5.69 Å². The monoisotopic (exact) mass is 171 g/mol. The van der Waals surface area contributed by atoms with E-state index in [0.29, 0.717) is 5.69 Å². The lowest BCUT2D eigenvalue weighted by Gasteiger charge is -2.01. The van der Waals surface area contributed by atoms with E-state index in [2.05, 4.69) is 10.2 Å². The first-order valence-corrected chi connectivity index (χ1v) is 4.00. The van der Waals surface area contributed by atoms with Crippen molar-refractivity contribution in [2.75, 3.05) is 5.73 Å². The smallest absolute Gasteiger partial charge is 0.116 e. The Balaban J connectivity index is 2.54. The van der Waals surface area contributed by atoms with Gasteiger partial charge in [-0.2, -0.15) is 5.10 Å². The molecular formula is C10H9N3. The van der Waals surface area contributed by atoms with Gasteiger partial charge in [-0.25, -0.2) is 0 Å². The van der Waals surface area contributed by atoms with Crippen molar-refractivity contribution in [2.24, 2.45) is 0 Å². The van der Waals surface area contributed by atoms with Crippen LogP contribution < -0.4 is 5.73 Å². The van der Waals surface area contributed by atoms with Crippen molar-refractivity contribution in [3.63, 3.8) is 0 Å². The number of rotatable bonds is 1. The zero-order valence-corrected chi connectivity index (χ0v) is 7.01. The van der Waals surface area contributed by atoms with Crippen LogP contribution in [0.5, 0.6) is 0 Å². The second-order valence-corrected chi connectivity index (χ2v) is 2.70. The number of hydrogen-bond acceptors (Lipinski definition) is 3. The molecular weight excluding hydrogens is 162 g/mol. The molecule has 13 heavy (non-hydrogen) atoms. The molecule has 0 aliphatic rings. The number of nitrogens with two attached hydrogens (primary N) is 1. The van der Waals surface area contributed by atoms with Gasteiger partial charge in [0.1, 0.15) is 5.69 Å². The van der Waals surface area contributed by atoms with E-state index in [0.717, 1.165) is 11.3 Å². The van der Waals surface area contributed by atoms with E-state index in [1.165, 1.54) is 0 Å². The fourth-order valence-corrected chi connectivity index (χ4v) is 1.16. The van der Waals surface area contributed by atoms with E-state index in [1.54, 1.807) is 12.3 Å². The van der Waals surface area contributed by atoms with Crippen LogP contribution in [0.1, 0.15) is 0 Å². The standard InChI is InChI=1S/C10H9N3/c11-9-6-7-12-13-10(9)8-4-2-1-3-5-8/h1-7H,(H2,11,12). The van der Waals surface area contributed by atoms with Gasteiger partial charge in [-0.05, 0) is 6.07 Å². The molecule has 2 rings (SSSR count). The maximum atomic E-state index is 5.75. The lowest BCUT2D eigenvalue weighted by molar-refractivity contribution is 1.04. The summed E-state index contributed by atoms with van der Waals surface area (Å²) >= 11 is 0. The summed E-state index contributed by atoms with van der Waals surface area (Å²) in [7, 11) is 0. The highest BCUT2D eigenvalue weighted by molar-refractivity contribution is 5.71. The molecule has 0 unspecified atom stereocenters. The number of benzene rings is 1. The summed E-state index contributed by atoms with van der Waals surface area (Å²) in [5.41, 5.74) is 8.14. The van der Waals surface area contributed by atoms with Crippen molar-refractivity contribution in [2.45, 2.75) is 0 Å². The second-order valence-electron chi connectivity index (χ2n) is 2.70. The molecule has 0 aliphatic carbocycles. The third-order valence-corrected chi connectivity index (χ3v) is 1.80.